The molecule has 0 aliphatic heterocycles. The van der Waals surface area contributed by atoms with Gasteiger partial charge in [0.15, 0.2) is 5.78 Å². The lowest BCUT2D eigenvalue weighted by molar-refractivity contribution is -0.116. The van der Waals surface area contributed by atoms with Crippen LogP contribution in [0.5, 0.6) is 0 Å². The normalized spacial score (nSPS) is 10.6. The number of carbonyl (C=O) groups excluding carboxylic acids is 2. The Morgan fingerprint density at radius 1 is 1.00 bits per heavy atom. The number of fused-ring (bicyclic) bond motifs is 1. The third kappa shape index (κ3) is 4.65. The Morgan fingerprint density at radius 3 is 2.62 bits per heavy atom. The summed E-state index contributed by atoms with van der Waals surface area (Å²) >= 11 is 0. The van der Waals surface area contributed by atoms with Crippen molar-refractivity contribution in [2.75, 3.05) is 0 Å². The minimum atomic E-state index is 0.00910. The Hall–Kier alpha value is -4.04. The van der Waals surface area contributed by atoms with Crippen molar-refractivity contribution >= 4 is 17.2 Å². The molecule has 5 heteroatoms. The molecule has 5 nitrogen and oxygen atoms in total. The molecule has 0 N–H and O–H groups in total. The van der Waals surface area contributed by atoms with Gasteiger partial charge < -0.3 is 0 Å². The van der Waals surface area contributed by atoms with Gasteiger partial charge in [-0.05, 0) is 62.1 Å². The molecule has 0 aliphatic rings. The fourth-order valence-corrected chi connectivity index (χ4v) is 3.59. The van der Waals surface area contributed by atoms with Crippen LogP contribution in [0.25, 0.3) is 5.65 Å². The molecule has 4 aromatic rings. The zero-order valence-electron chi connectivity index (χ0n) is 18.3. The van der Waals surface area contributed by atoms with E-state index in [1.54, 1.807) is 19.3 Å². The van der Waals surface area contributed by atoms with Gasteiger partial charge in [0.25, 0.3) is 0 Å². The van der Waals surface area contributed by atoms with E-state index in [9.17, 15) is 9.59 Å². The third-order valence-corrected chi connectivity index (χ3v) is 5.25. The molecule has 0 spiro atoms. The average molecular weight is 422 g/mol. The second kappa shape index (κ2) is 8.99. The van der Waals surface area contributed by atoms with Crippen molar-refractivity contribution in [1.29, 1.82) is 0 Å². The maximum atomic E-state index is 12.8. The number of hydrogen-bond donors (Lipinski definition) is 0. The van der Waals surface area contributed by atoms with Crippen LogP contribution in [0.3, 0.4) is 0 Å². The number of hydrogen-bond acceptors (Lipinski definition) is 4. The largest absolute Gasteiger partial charge is 0.300 e. The molecule has 32 heavy (non-hydrogen) atoms. The van der Waals surface area contributed by atoms with Gasteiger partial charge in [0.2, 0.25) is 0 Å². The number of aromatic nitrogens is 3. The van der Waals surface area contributed by atoms with Crippen molar-refractivity contribution in [1.82, 2.24) is 14.4 Å². The van der Waals surface area contributed by atoms with Crippen molar-refractivity contribution < 1.29 is 9.59 Å². The molecule has 4 rings (SSSR count). The molecule has 0 unspecified atom stereocenters. The number of aryl methyl sites for hydroxylation is 2. The first-order valence-corrected chi connectivity index (χ1v) is 10.4. The highest BCUT2D eigenvalue weighted by Gasteiger charge is 2.11. The van der Waals surface area contributed by atoms with E-state index < -0.39 is 0 Å². The Morgan fingerprint density at radius 2 is 1.84 bits per heavy atom. The first-order chi connectivity index (χ1) is 15.4. The van der Waals surface area contributed by atoms with Crippen molar-refractivity contribution in [3.63, 3.8) is 0 Å². The minimum absolute atomic E-state index is 0.00910. The van der Waals surface area contributed by atoms with E-state index in [0.29, 0.717) is 12.0 Å². The van der Waals surface area contributed by atoms with E-state index in [2.05, 4.69) is 21.8 Å². The van der Waals surface area contributed by atoms with Gasteiger partial charge in [-0.15, -0.1) is 0 Å². The fraction of sp³-hybridized carbons (Fsp3) is 0.185. The molecule has 3 aromatic heterocycles. The van der Waals surface area contributed by atoms with Crippen molar-refractivity contribution in [3.05, 3.63) is 100 Å². The van der Waals surface area contributed by atoms with E-state index in [-0.39, 0.29) is 18.0 Å². The molecule has 0 aliphatic carbocycles. The van der Waals surface area contributed by atoms with E-state index in [0.717, 1.165) is 39.3 Å². The summed E-state index contributed by atoms with van der Waals surface area (Å²) in [6.45, 7) is 5.53. The number of rotatable bonds is 5. The zero-order chi connectivity index (χ0) is 22.7. The zero-order valence-corrected chi connectivity index (χ0v) is 18.3. The molecule has 0 radical (unpaired) electrons. The SMILES string of the molecule is CC(=O)Cc1cccn2c(C#Cc3cc(C(=O)Cc4cc(C)ccn4)ccc3C)cnc12. The molecule has 0 bridgehead atoms. The first-order valence-electron chi connectivity index (χ1n) is 10.4. The van der Waals surface area contributed by atoms with Crippen LogP contribution in [0.2, 0.25) is 0 Å². The minimum Gasteiger partial charge on any atom is -0.300 e. The molecule has 1 aromatic carbocycles. The van der Waals surface area contributed by atoms with Crippen molar-refractivity contribution in [2.24, 2.45) is 0 Å². The van der Waals surface area contributed by atoms with Crippen molar-refractivity contribution in [3.8, 4) is 11.8 Å². The quantitative estimate of drug-likeness (QED) is 0.356. The number of nitrogens with zero attached hydrogens (tertiary/aromatic N) is 3. The van der Waals surface area contributed by atoms with Gasteiger partial charge in [-0.1, -0.05) is 24.1 Å². The third-order valence-electron chi connectivity index (χ3n) is 5.25. The summed E-state index contributed by atoms with van der Waals surface area (Å²) < 4.78 is 1.89. The van der Waals surface area contributed by atoms with Gasteiger partial charge in [0, 0.05) is 41.2 Å². The standard InChI is InChI=1S/C27H23N3O2/c1-18-10-11-28-24(13-18)16-26(32)22-7-6-19(2)21(15-22)8-9-25-17-29-27-23(14-20(3)31)5-4-12-30(25)27/h4-7,10-13,15,17H,14,16H2,1-3H3. The molecule has 0 saturated carbocycles. The van der Waals surface area contributed by atoms with Gasteiger partial charge in [-0.3, -0.25) is 19.0 Å². The van der Waals surface area contributed by atoms with Gasteiger partial charge in [-0.2, -0.15) is 0 Å². The molecular formula is C27H23N3O2. The second-order valence-electron chi connectivity index (χ2n) is 7.95. The Bertz CT molecular complexity index is 1400. The van der Waals surface area contributed by atoms with Crippen LogP contribution >= 0.6 is 0 Å². The van der Waals surface area contributed by atoms with Crippen LogP contribution in [-0.2, 0) is 17.6 Å². The predicted octanol–water partition coefficient (Wildman–Crippen LogP) is 4.30. The highest BCUT2D eigenvalue weighted by molar-refractivity contribution is 5.97. The lowest BCUT2D eigenvalue weighted by Crippen LogP contribution is -2.06. The molecular weight excluding hydrogens is 398 g/mol. The van der Waals surface area contributed by atoms with Crippen LogP contribution in [0.15, 0.2) is 61.1 Å². The first kappa shape index (κ1) is 21.2. The number of pyridine rings is 2. The number of Topliss-reactive ketones (excluding diaryl/α,β-unsaturated/α-hetero) is 2. The van der Waals surface area contributed by atoms with Crippen LogP contribution in [0.1, 0.15) is 50.9 Å². The fourth-order valence-electron chi connectivity index (χ4n) is 3.59. The van der Waals surface area contributed by atoms with Gasteiger partial charge >= 0.3 is 0 Å². The molecule has 158 valence electrons. The number of ketones is 2. The summed E-state index contributed by atoms with van der Waals surface area (Å²) in [5.41, 5.74) is 6.58. The van der Waals surface area contributed by atoms with Gasteiger partial charge in [-0.25, -0.2) is 4.98 Å². The Kier molecular flexibility index (Phi) is 5.96. The smallest absolute Gasteiger partial charge is 0.168 e. The van der Waals surface area contributed by atoms with Crippen molar-refractivity contribution in [2.45, 2.75) is 33.6 Å². The van der Waals surface area contributed by atoms with Gasteiger partial charge in [0.05, 0.1) is 12.6 Å². The summed E-state index contributed by atoms with van der Waals surface area (Å²) in [6.07, 6.45) is 5.91. The Balaban J connectivity index is 1.62. The predicted molar refractivity (Wildman–Crippen MR) is 124 cm³/mol. The maximum absolute atomic E-state index is 12.8. The molecule has 3 heterocycles. The number of benzene rings is 1. The van der Waals surface area contributed by atoms with Crippen LogP contribution < -0.4 is 0 Å². The molecule has 0 saturated heterocycles. The lowest BCUT2D eigenvalue weighted by atomic mass is 10.00. The summed E-state index contributed by atoms with van der Waals surface area (Å²) in [4.78, 5) is 33.1. The maximum Gasteiger partial charge on any atom is 0.168 e. The molecule has 0 amide bonds. The summed E-state index contributed by atoms with van der Waals surface area (Å²) in [5, 5.41) is 0. The van der Waals surface area contributed by atoms with E-state index in [1.807, 2.05) is 66.9 Å². The summed E-state index contributed by atoms with van der Waals surface area (Å²) in [6, 6.07) is 13.2. The summed E-state index contributed by atoms with van der Waals surface area (Å²) in [7, 11) is 0. The van der Waals surface area contributed by atoms with E-state index >= 15 is 0 Å². The number of carbonyl (C=O) groups is 2. The Labute approximate surface area is 187 Å². The van der Waals surface area contributed by atoms with Gasteiger partial charge in [0.1, 0.15) is 17.1 Å². The van der Waals surface area contributed by atoms with Crippen LogP contribution in [0.4, 0.5) is 0 Å². The molecule has 0 fully saturated rings. The summed E-state index contributed by atoms with van der Waals surface area (Å²) in [5.74, 6) is 6.46. The highest BCUT2D eigenvalue weighted by Crippen LogP contribution is 2.15. The average Bonchev–Trinajstić information content (AvgIpc) is 3.17. The monoisotopic (exact) mass is 421 g/mol. The second-order valence-corrected chi connectivity index (χ2v) is 7.95. The van der Waals surface area contributed by atoms with E-state index in [1.165, 1.54) is 0 Å². The highest BCUT2D eigenvalue weighted by atomic mass is 16.1. The van der Waals surface area contributed by atoms with Crippen LogP contribution in [0, 0.1) is 25.7 Å². The van der Waals surface area contributed by atoms with E-state index in [4.69, 9.17) is 0 Å². The topological polar surface area (TPSA) is 64.3 Å². The van der Waals surface area contributed by atoms with Crippen LogP contribution in [-0.4, -0.2) is 25.9 Å². The molecule has 0 atom stereocenters. The lowest BCUT2D eigenvalue weighted by Gasteiger charge is -2.05. The number of imidazole rings is 1.